The van der Waals surface area contributed by atoms with Gasteiger partial charge in [-0.15, -0.1) is 0 Å². The van der Waals surface area contributed by atoms with E-state index in [4.69, 9.17) is 5.73 Å². The summed E-state index contributed by atoms with van der Waals surface area (Å²) in [6, 6.07) is 6.89. The van der Waals surface area contributed by atoms with Gasteiger partial charge < -0.3 is 15.7 Å². The number of hydrogen-bond donors (Lipinski definition) is 2. The number of benzene rings is 1. The van der Waals surface area contributed by atoms with Gasteiger partial charge in [0.05, 0.1) is 5.92 Å². The second-order valence-corrected chi connectivity index (χ2v) is 5.42. The fourth-order valence-electron chi connectivity index (χ4n) is 2.13. The first-order chi connectivity index (χ1) is 8.93. The second-order valence-electron chi connectivity index (χ2n) is 5.42. The molecule has 19 heavy (non-hydrogen) atoms. The van der Waals surface area contributed by atoms with Gasteiger partial charge in [-0.25, -0.2) is 0 Å². The second kappa shape index (κ2) is 7.14. The maximum atomic E-state index is 12.3. The van der Waals surface area contributed by atoms with Crippen LogP contribution in [0.15, 0.2) is 24.3 Å². The van der Waals surface area contributed by atoms with Crippen molar-refractivity contribution in [2.45, 2.75) is 26.8 Å². The Morgan fingerprint density at radius 2 is 1.89 bits per heavy atom. The third kappa shape index (κ3) is 4.91. The molecule has 1 atom stereocenters. The minimum absolute atomic E-state index is 0.0873. The standard InChI is InChI=1S/C15H24N2O2/c1-11(2)8-13(9-16)15(19)17(3)10-12-4-6-14(18)7-5-12/h4-7,11,13,18H,8-10,16H2,1-3H3. The van der Waals surface area contributed by atoms with E-state index in [1.54, 1.807) is 24.1 Å². The van der Waals surface area contributed by atoms with E-state index in [9.17, 15) is 9.90 Å². The molecule has 1 rings (SSSR count). The number of nitrogens with zero attached hydrogens (tertiary/aromatic N) is 1. The predicted molar refractivity (Wildman–Crippen MR) is 76.6 cm³/mol. The summed E-state index contributed by atoms with van der Waals surface area (Å²) >= 11 is 0. The zero-order valence-corrected chi connectivity index (χ0v) is 12.0. The van der Waals surface area contributed by atoms with Gasteiger partial charge >= 0.3 is 0 Å². The lowest BCUT2D eigenvalue weighted by Gasteiger charge is -2.24. The van der Waals surface area contributed by atoms with Crippen LogP contribution in [0.3, 0.4) is 0 Å². The smallest absolute Gasteiger partial charge is 0.227 e. The molecule has 0 aliphatic rings. The predicted octanol–water partition coefficient (Wildman–Crippen LogP) is 1.97. The highest BCUT2D eigenvalue weighted by molar-refractivity contribution is 5.78. The quantitative estimate of drug-likeness (QED) is 0.825. The molecule has 0 radical (unpaired) electrons. The first-order valence-electron chi connectivity index (χ1n) is 6.67. The number of phenolic OH excluding ortho intramolecular Hbond substituents is 1. The molecule has 4 heteroatoms. The molecule has 0 bridgehead atoms. The maximum Gasteiger partial charge on any atom is 0.227 e. The Balaban J connectivity index is 2.63. The molecule has 1 unspecified atom stereocenters. The zero-order chi connectivity index (χ0) is 14.4. The van der Waals surface area contributed by atoms with Gasteiger partial charge in [0, 0.05) is 20.1 Å². The fourth-order valence-corrected chi connectivity index (χ4v) is 2.13. The number of phenols is 1. The van der Waals surface area contributed by atoms with Crippen molar-refractivity contribution in [2.24, 2.45) is 17.6 Å². The van der Waals surface area contributed by atoms with Crippen molar-refractivity contribution in [1.29, 1.82) is 0 Å². The third-order valence-corrected chi connectivity index (χ3v) is 3.12. The fraction of sp³-hybridized carbons (Fsp3) is 0.533. The van der Waals surface area contributed by atoms with Crippen LogP contribution in [0.4, 0.5) is 0 Å². The van der Waals surface area contributed by atoms with E-state index in [1.807, 2.05) is 12.1 Å². The molecular formula is C15H24N2O2. The van der Waals surface area contributed by atoms with Gasteiger partial charge in [0.1, 0.15) is 5.75 Å². The molecule has 0 saturated heterocycles. The molecule has 3 N–H and O–H groups in total. The van der Waals surface area contributed by atoms with E-state index in [0.29, 0.717) is 19.0 Å². The van der Waals surface area contributed by atoms with E-state index in [-0.39, 0.29) is 17.6 Å². The highest BCUT2D eigenvalue weighted by Gasteiger charge is 2.21. The largest absolute Gasteiger partial charge is 0.508 e. The summed E-state index contributed by atoms with van der Waals surface area (Å²) < 4.78 is 0. The van der Waals surface area contributed by atoms with Gasteiger partial charge in [-0.2, -0.15) is 0 Å². The van der Waals surface area contributed by atoms with Crippen LogP contribution < -0.4 is 5.73 Å². The van der Waals surface area contributed by atoms with Crippen LogP contribution >= 0.6 is 0 Å². The molecule has 1 aromatic rings. The van der Waals surface area contributed by atoms with Crippen LogP contribution in [0, 0.1) is 11.8 Å². The molecule has 0 saturated carbocycles. The highest BCUT2D eigenvalue weighted by atomic mass is 16.3. The Labute approximate surface area is 115 Å². The Morgan fingerprint density at radius 3 is 2.37 bits per heavy atom. The summed E-state index contributed by atoms with van der Waals surface area (Å²) in [7, 11) is 1.79. The van der Waals surface area contributed by atoms with Gasteiger partial charge in [-0.1, -0.05) is 26.0 Å². The molecule has 106 valence electrons. The summed E-state index contributed by atoms with van der Waals surface area (Å²) in [5.74, 6) is 0.670. The average molecular weight is 264 g/mol. The van der Waals surface area contributed by atoms with Crippen molar-refractivity contribution in [3.8, 4) is 5.75 Å². The van der Waals surface area contributed by atoms with Crippen LogP contribution in [-0.2, 0) is 11.3 Å². The van der Waals surface area contributed by atoms with Gasteiger partial charge in [-0.05, 0) is 30.0 Å². The molecule has 0 aliphatic heterocycles. The molecule has 1 aromatic carbocycles. The summed E-state index contributed by atoms with van der Waals surface area (Å²) in [6.07, 6.45) is 0.815. The molecule has 4 nitrogen and oxygen atoms in total. The Morgan fingerprint density at radius 1 is 1.32 bits per heavy atom. The van der Waals surface area contributed by atoms with Gasteiger partial charge in [0.25, 0.3) is 0 Å². The number of rotatable bonds is 6. The average Bonchev–Trinajstić information content (AvgIpc) is 2.37. The third-order valence-electron chi connectivity index (χ3n) is 3.12. The molecule has 0 spiro atoms. The number of aromatic hydroxyl groups is 1. The Bertz CT molecular complexity index is 401. The highest BCUT2D eigenvalue weighted by Crippen LogP contribution is 2.16. The van der Waals surface area contributed by atoms with E-state index >= 15 is 0 Å². The zero-order valence-electron chi connectivity index (χ0n) is 12.0. The minimum Gasteiger partial charge on any atom is -0.508 e. The van der Waals surface area contributed by atoms with Gasteiger partial charge in [0.15, 0.2) is 0 Å². The summed E-state index contributed by atoms with van der Waals surface area (Å²) in [5, 5.41) is 9.23. The van der Waals surface area contributed by atoms with Crippen LogP contribution in [0.1, 0.15) is 25.8 Å². The van der Waals surface area contributed by atoms with Crippen molar-refractivity contribution < 1.29 is 9.90 Å². The Hall–Kier alpha value is -1.55. The van der Waals surface area contributed by atoms with Gasteiger partial charge in [-0.3, -0.25) is 4.79 Å². The lowest BCUT2D eigenvalue weighted by molar-refractivity contribution is -0.134. The minimum atomic E-state index is -0.109. The Kier molecular flexibility index (Phi) is 5.83. The molecular weight excluding hydrogens is 240 g/mol. The monoisotopic (exact) mass is 264 g/mol. The van der Waals surface area contributed by atoms with Crippen LogP contribution in [0.25, 0.3) is 0 Å². The normalized spacial score (nSPS) is 12.5. The van der Waals surface area contributed by atoms with Crippen LogP contribution in [-0.4, -0.2) is 29.5 Å². The topological polar surface area (TPSA) is 66.6 Å². The maximum absolute atomic E-state index is 12.3. The van der Waals surface area contributed by atoms with Crippen LogP contribution in [0.5, 0.6) is 5.75 Å². The van der Waals surface area contributed by atoms with E-state index in [1.165, 1.54) is 0 Å². The SMILES string of the molecule is CC(C)CC(CN)C(=O)N(C)Cc1ccc(O)cc1. The number of carbonyl (C=O) groups is 1. The molecule has 0 aliphatic carbocycles. The van der Waals surface area contributed by atoms with Crippen molar-refractivity contribution in [1.82, 2.24) is 4.90 Å². The van der Waals surface area contributed by atoms with Crippen molar-refractivity contribution in [2.75, 3.05) is 13.6 Å². The van der Waals surface area contributed by atoms with Crippen LogP contribution in [0.2, 0.25) is 0 Å². The number of carbonyl (C=O) groups excluding carboxylic acids is 1. The molecule has 0 fully saturated rings. The number of hydrogen-bond acceptors (Lipinski definition) is 3. The molecule has 1 amide bonds. The van der Waals surface area contributed by atoms with Crippen molar-refractivity contribution >= 4 is 5.91 Å². The number of amides is 1. The van der Waals surface area contributed by atoms with E-state index < -0.39 is 0 Å². The van der Waals surface area contributed by atoms with E-state index in [2.05, 4.69) is 13.8 Å². The van der Waals surface area contributed by atoms with Crippen molar-refractivity contribution in [3.63, 3.8) is 0 Å². The first kappa shape index (κ1) is 15.5. The van der Waals surface area contributed by atoms with Gasteiger partial charge in [0.2, 0.25) is 5.91 Å². The summed E-state index contributed by atoms with van der Waals surface area (Å²) in [5.41, 5.74) is 6.69. The lowest BCUT2D eigenvalue weighted by atomic mass is 9.96. The summed E-state index contributed by atoms with van der Waals surface area (Å²) in [4.78, 5) is 14.0. The first-order valence-corrected chi connectivity index (χ1v) is 6.67. The summed E-state index contributed by atoms with van der Waals surface area (Å²) in [6.45, 7) is 5.11. The lowest BCUT2D eigenvalue weighted by Crippen LogP contribution is -2.36. The number of nitrogens with two attached hydrogens (primary N) is 1. The molecule has 0 heterocycles. The molecule has 0 aromatic heterocycles. The van der Waals surface area contributed by atoms with Crippen molar-refractivity contribution in [3.05, 3.63) is 29.8 Å². The van der Waals surface area contributed by atoms with E-state index in [0.717, 1.165) is 12.0 Å².